The van der Waals surface area contributed by atoms with Crippen LogP contribution < -0.4 is 9.46 Å². The normalized spacial score (nSPS) is 10.7. The van der Waals surface area contributed by atoms with Crippen LogP contribution in [0.4, 0.5) is 10.1 Å². The van der Waals surface area contributed by atoms with E-state index in [9.17, 15) is 12.8 Å². The lowest BCUT2D eigenvalue weighted by Gasteiger charge is -2.09. The minimum atomic E-state index is -3.81. The van der Waals surface area contributed by atoms with E-state index in [2.05, 4.69) is 4.72 Å². The molecule has 2 aromatic carbocycles. The van der Waals surface area contributed by atoms with Crippen molar-refractivity contribution in [3.05, 3.63) is 53.8 Å². The van der Waals surface area contributed by atoms with Gasteiger partial charge < -0.3 is 4.74 Å². The average molecular weight is 306 g/mol. The first-order valence-electron chi connectivity index (χ1n) is 5.83. The number of nitriles is 1. The van der Waals surface area contributed by atoms with E-state index < -0.39 is 15.8 Å². The van der Waals surface area contributed by atoms with Crippen LogP contribution in [-0.4, -0.2) is 15.5 Å². The highest BCUT2D eigenvalue weighted by Gasteiger charge is 2.15. The Hall–Kier alpha value is -2.59. The number of sulfonamides is 1. The molecule has 0 aromatic heterocycles. The number of hydrogen-bond acceptors (Lipinski definition) is 4. The third-order valence-corrected chi connectivity index (χ3v) is 4.09. The van der Waals surface area contributed by atoms with Crippen molar-refractivity contribution < 1.29 is 17.5 Å². The Bertz CT molecular complexity index is 796. The molecule has 0 atom stereocenters. The molecule has 0 heterocycles. The molecule has 0 amide bonds. The quantitative estimate of drug-likeness (QED) is 0.941. The van der Waals surface area contributed by atoms with E-state index in [4.69, 9.17) is 10.00 Å². The van der Waals surface area contributed by atoms with Gasteiger partial charge >= 0.3 is 0 Å². The monoisotopic (exact) mass is 306 g/mol. The molecule has 1 N–H and O–H groups in total. The predicted molar refractivity (Wildman–Crippen MR) is 74.9 cm³/mol. The van der Waals surface area contributed by atoms with Gasteiger partial charge in [-0.05, 0) is 36.4 Å². The van der Waals surface area contributed by atoms with Crippen LogP contribution in [0.5, 0.6) is 5.75 Å². The molecule has 0 aliphatic rings. The lowest BCUT2D eigenvalue weighted by Crippen LogP contribution is -2.13. The van der Waals surface area contributed by atoms with Gasteiger partial charge in [0, 0.05) is 6.07 Å². The van der Waals surface area contributed by atoms with Crippen LogP contribution in [0.1, 0.15) is 5.56 Å². The van der Waals surface area contributed by atoms with Gasteiger partial charge in [0.1, 0.15) is 0 Å². The zero-order valence-electron chi connectivity index (χ0n) is 11.0. The molecule has 0 unspecified atom stereocenters. The second-order valence-electron chi connectivity index (χ2n) is 4.09. The van der Waals surface area contributed by atoms with E-state index in [0.29, 0.717) is 5.56 Å². The van der Waals surface area contributed by atoms with E-state index >= 15 is 0 Å². The molecule has 108 valence electrons. The van der Waals surface area contributed by atoms with E-state index in [-0.39, 0.29) is 16.3 Å². The number of halogens is 1. The van der Waals surface area contributed by atoms with Crippen molar-refractivity contribution in [2.45, 2.75) is 4.90 Å². The predicted octanol–water partition coefficient (Wildman–Crippen LogP) is 2.51. The van der Waals surface area contributed by atoms with E-state index in [1.54, 1.807) is 0 Å². The summed E-state index contributed by atoms with van der Waals surface area (Å²) in [5.41, 5.74) is 0.537. The van der Waals surface area contributed by atoms with Gasteiger partial charge in [-0.2, -0.15) is 5.26 Å². The highest BCUT2D eigenvalue weighted by Crippen LogP contribution is 2.23. The van der Waals surface area contributed by atoms with Crippen molar-refractivity contribution in [2.75, 3.05) is 11.8 Å². The summed E-state index contributed by atoms with van der Waals surface area (Å²) >= 11 is 0. The number of anilines is 1. The van der Waals surface area contributed by atoms with Crippen molar-refractivity contribution in [2.24, 2.45) is 0 Å². The highest BCUT2D eigenvalue weighted by molar-refractivity contribution is 7.92. The maximum absolute atomic E-state index is 13.3. The maximum atomic E-state index is 13.3. The average Bonchev–Trinajstić information content (AvgIpc) is 2.49. The standard InChI is InChI=1S/C14H11FN2O3S/c1-20-14-8-11(4-7-13(14)15)17-21(18,19)12-5-2-10(9-16)3-6-12/h2-8,17H,1H3. The van der Waals surface area contributed by atoms with Gasteiger partial charge in [0.05, 0.1) is 29.3 Å². The van der Waals surface area contributed by atoms with Gasteiger partial charge in [-0.15, -0.1) is 0 Å². The molecule has 5 nitrogen and oxygen atoms in total. The van der Waals surface area contributed by atoms with Gasteiger partial charge in [0.2, 0.25) is 0 Å². The summed E-state index contributed by atoms with van der Waals surface area (Å²) in [5.74, 6) is -0.645. The Morgan fingerprint density at radius 2 is 1.86 bits per heavy atom. The Morgan fingerprint density at radius 3 is 2.43 bits per heavy atom. The van der Waals surface area contributed by atoms with Crippen LogP contribution in [0.15, 0.2) is 47.4 Å². The summed E-state index contributed by atoms with van der Waals surface area (Å²) in [6.45, 7) is 0. The Kier molecular flexibility index (Phi) is 4.10. The number of hydrogen-bond donors (Lipinski definition) is 1. The number of nitrogens with one attached hydrogen (secondary N) is 1. The summed E-state index contributed by atoms with van der Waals surface area (Å²) in [5, 5.41) is 8.69. The Morgan fingerprint density at radius 1 is 1.19 bits per heavy atom. The Labute approximate surface area is 121 Å². The highest BCUT2D eigenvalue weighted by atomic mass is 32.2. The van der Waals surface area contributed by atoms with Gasteiger partial charge in [-0.3, -0.25) is 4.72 Å². The minimum Gasteiger partial charge on any atom is -0.494 e. The molecule has 0 bridgehead atoms. The van der Waals surface area contributed by atoms with Crippen LogP contribution in [0.2, 0.25) is 0 Å². The zero-order valence-corrected chi connectivity index (χ0v) is 11.8. The molecule has 0 aliphatic carbocycles. The van der Waals surface area contributed by atoms with Gasteiger partial charge in [-0.1, -0.05) is 0 Å². The molecule has 0 saturated carbocycles. The largest absolute Gasteiger partial charge is 0.494 e. The van der Waals surface area contributed by atoms with Crippen molar-refractivity contribution in [1.29, 1.82) is 5.26 Å². The fourth-order valence-electron chi connectivity index (χ4n) is 1.65. The maximum Gasteiger partial charge on any atom is 0.261 e. The van der Waals surface area contributed by atoms with E-state index in [1.807, 2.05) is 6.07 Å². The third-order valence-electron chi connectivity index (χ3n) is 2.70. The van der Waals surface area contributed by atoms with Crippen molar-refractivity contribution >= 4 is 15.7 Å². The number of ether oxygens (including phenoxy) is 1. The molecule has 0 radical (unpaired) electrons. The molecule has 2 rings (SSSR count). The lowest BCUT2D eigenvalue weighted by molar-refractivity contribution is 0.387. The number of nitrogens with zero attached hydrogens (tertiary/aromatic N) is 1. The minimum absolute atomic E-state index is 0.00444. The summed E-state index contributed by atoms with van der Waals surface area (Å²) < 4.78 is 44.7. The molecule has 0 spiro atoms. The molecule has 2 aromatic rings. The lowest BCUT2D eigenvalue weighted by atomic mass is 10.2. The summed E-state index contributed by atoms with van der Waals surface area (Å²) in [4.78, 5) is 0.00444. The first-order valence-corrected chi connectivity index (χ1v) is 7.31. The second-order valence-corrected chi connectivity index (χ2v) is 5.77. The number of benzene rings is 2. The second kappa shape index (κ2) is 5.81. The molecule has 0 fully saturated rings. The molecular weight excluding hydrogens is 295 g/mol. The topological polar surface area (TPSA) is 79.2 Å². The zero-order chi connectivity index (χ0) is 15.5. The van der Waals surface area contributed by atoms with Crippen molar-refractivity contribution in [3.8, 4) is 11.8 Å². The van der Waals surface area contributed by atoms with Crippen LogP contribution in [0.25, 0.3) is 0 Å². The summed E-state index contributed by atoms with van der Waals surface area (Å²) in [7, 11) is -2.52. The van der Waals surface area contributed by atoms with Gasteiger partial charge in [0.25, 0.3) is 10.0 Å². The third kappa shape index (κ3) is 3.30. The fraction of sp³-hybridized carbons (Fsp3) is 0.0714. The molecule has 0 aliphatic heterocycles. The van der Waals surface area contributed by atoms with Crippen LogP contribution in [0.3, 0.4) is 0 Å². The van der Waals surface area contributed by atoms with Crippen molar-refractivity contribution in [1.82, 2.24) is 0 Å². The molecular formula is C14H11FN2O3S. The fourth-order valence-corrected chi connectivity index (χ4v) is 2.70. The number of methoxy groups -OCH3 is 1. The van der Waals surface area contributed by atoms with Crippen molar-refractivity contribution in [3.63, 3.8) is 0 Å². The molecule has 0 saturated heterocycles. The van der Waals surface area contributed by atoms with E-state index in [1.165, 1.54) is 43.5 Å². The smallest absolute Gasteiger partial charge is 0.261 e. The van der Waals surface area contributed by atoms with Gasteiger partial charge in [-0.25, -0.2) is 12.8 Å². The first-order chi connectivity index (χ1) is 9.96. The first kappa shape index (κ1) is 14.8. The van der Waals surface area contributed by atoms with Gasteiger partial charge in [0.15, 0.2) is 11.6 Å². The summed E-state index contributed by atoms with van der Waals surface area (Å²) in [6, 6.07) is 11.0. The van der Waals surface area contributed by atoms with Crippen LogP contribution in [0, 0.1) is 17.1 Å². The van der Waals surface area contributed by atoms with Crippen LogP contribution in [-0.2, 0) is 10.0 Å². The molecule has 21 heavy (non-hydrogen) atoms. The SMILES string of the molecule is COc1cc(NS(=O)(=O)c2ccc(C#N)cc2)ccc1F. The van der Waals surface area contributed by atoms with E-state index in [0.717, 1.165) is 6.07 Å². The Balaban J connectivity index is 2.30. The summed E-state index contributed by atoms with van der Waals surface area (Å²) in [6.07, 6.45) is 0. The number of rotatable bonds is 4. The molecule has 7 heteroatoms. The van der Waals surface area contributed by atoms with Crippen LogP contribution >= 0.6 is 0 Å².